The van der Waals surface area contributed by atoms with Crippen molar-refractivity contribution >= 4 is 0 Å². The molecule has 17 heavy (non-hydrogen) atoms. The van der Waals surface area contributed by atoms with Crippen molar-refractivity contribution in [2.45, 2.75) is 32.9 Å². The number of alkyl halides is 2. The number of halogens is 2. The molecule has 1 aliphatic rings. The van der Waals surface area contributed by atoms with Gasteiger partial charge in [0.1, 0.15) is 5.75 Å². The maximum Gasteiger partial charge on any atom is 0.387 e. The first-order valence-electron chi connectivity index (χ1n) is 5.89. The third-order valence-electron chi connectivity index (χ3n) is 3.13. The summed E-state index contributed by atoms with van der Waals surface area (Å²) in [6.07, 6.45) is 0.738. The van der Waals surface area contributed by atoms with Crippen molar-refractivity contribution < 1.29 is 13.5 Å². The van der Waals surface area contributed by atoms with Gasteiger partial charge >= 0.3 is 6.61 Å². The van der Waals surface area contributed by atoms with Gasteiger partial charge < -0.3 is 10.1 Å². The number of fused-ring (bicyclic) bond motifs is 1. The Balaban J connectivity index is 2.36. The molecule has 1 unspecified atom stereocenters. The Hall–Kier alpha value is -1.16. The molecule has 0 aliphatic carbocycles. The van der Waals surface area contributed by atoms with Gasteiger partial charge in [-0.1, -0.05) is 26.0 Å². The molecule has 2 rings (SSSR count). The normalized spacial score (nSPS) is 19.5. The highest BCUT2D eigenvalue weighted by Crippen LogP contribution is 2.34. The van der Waals surface area contributed by atoms with Crippen LogP contribution in [-0.2, 0) is 6.42 Å². The van der Waals surface area contributed by atoms with Crippen molar-refractivity contribution in [1.29, 1.82) is 0 Å². The van der Waals surface area contributed by atoms with Crippen molar-refractivity contribution in [3.63, 3.8) is 0 Å². The topological polar surface area (TPSA) is 21.3 Å². The van der Waals surface area contributed by atoms with Gasteiger partial charge in [-0.2, -0.15) is 8.78 Å². The fourth-order valence-corrected chi connectivity index (χ4v) is 2.41. The molecule has 0 radical (unpaired) electrons. The van der Waals surface area contributed by atoms with Gasteiger partial charge in [0, 0.05) is 11.6 Å². The van der Waals surface area contributed by atoms with Crippen molar-refractivity contribution in [2.24, 2.45) is 5.92 Å². The number of ether oxygens (including phenoxy) is 1. The highest BCUT2D eigenvalue weighted by Gasteiger charge is 2.25. The molecule has 0 aromatic heterocycles. The van der Waals surface area contributed by atoms with Crippen molar-refractivity contribution in [2.75, 3.05) is 6.54 Å². The average molecular weight is 241 g/mol. The second-order valence-corrected chi connectivity index (χ2v) is 4.63. The first kappa shape index (κ1) is 12.3. The van der Waals surface area contributed by atoms with E-state index in [-0.39, 0.29) is 6.04 Å². The minimum atomic E-state index is -2.76. The summed E-state index contributed by atoms with van der Waals surface area (Å²) in [6, 6.07) is 5.61. The predicted molar refractivity (Wildman–Crippen MR) is 62.4 cm³/mol. The zero-order valence-electron chi connectivity index (χ0n) is 10.0. The lowest BCUT2D eigenvalue weighted by Gasteiger charge is -2.30. The fourth-order valence-electron chi connectivity index (χ4n) is 2.41. The number of benzene rings is 1. The molecular weight excluding hydrogens is 224 g/mol. The lowest BCUT2D eigenvalue weighted by molar-refractivity contribution is -0.0506. The Labute approximate surface area is 100.0 Å². The Morgan fingerprint density at radius 1 is 1.35 bits per heavy atom. The maximum absolute atomic E-state index is 12.3. The Bertz CT molecular complexity index is 393. The summed E-state index contributed by atoms with van der Waals surface area (Å²) in [6.45, 7) is 2.29. The van der Waals surface area contributed by atoms with Gasteiger partial charge in [-0.3, -0.25) is 0 Å². The van der Waals surface area contributed by atoms with Crippen LogP contribution in [0.5, 0.6) is 5.75 Å². The van der Waals surface area contributed by atoms with Crippen LogP contribution in [0.15, 0.2) is 18.2 Å². The van der Waals surface area contributed by atoms with Crippen LogP contribution in [-0.4, -0.2) is 13.2 Å². The molecule has 1 aromatic carbocycles. The third-order valence-corrected chi connectivity index (χ3v) is 3.13. The van der Waals surface area contributed by atoms with Crippen LogP contribution in [0.1, 0.15) is 31.0 Å². The first-order valence-corrected chi connectivity index (χ1v) is 5.89. The number of hydrogen-bond acceptors (Lipinski definition) is 2. The molecule has 0 spiro atoms. The second-order valence-electron chi connectivity index (χ2n) is 4.63. The first-order chi connectivity index (χ1) is 8.09. The van der Waals surface area contributed by atoms with E-state index in [0.717, 1.165) is 24.1 Å². The Morgan fingerprint density at radius 3 is 2.76 bits per heavy atom. The molecule has 1 aromatic rings. The van der Waals surface area contributed by atoms with E-state index in [0.29, 0.717) is 11.7 Å². The Kier molecular flexibility index (Phi) is 3.62. The molecule has 1 N–H and O–H groups in total. The second kappa shape index (κ2) is 5.00. The van der Waals surface area contributed by atoms with Crippen LogP contribution in [0, 0.1) is 5.92 Å². The van der Waals surface area contributed by atoms with E-state index in [1.807, 2.05) is 6.07 Å². The standard InChI is InChI=1S/C13H17F2NO/c1-8(2)12-10-4-3-5-11(17-13(14)15)9(10)6-7-16-12/h3-5,8,12-13,16H,6-7H2,1-2H3. The van der Waals surface area contributed by atoms with Gasteiger partial charge in [0.15, 0.2) is 0 Å². The van der Waals surface area contributed by atoms with Crippen LogP contribution in [0.2, 0.25) is 0 Å². The van der Waals surface area contributed by atoms with Gasteiger partial charge in [-0.05, 0) is 30.5 Å². The van der Waals surface area contributed by atoms with Gasteiger partial charge in [0.25, 0.3) is 0 Å². The zero-order valence-corrected chi connectivity index (χ0v) is 10.0. The monoisotopic (exact) mass is 241 g/mol. The average Bonchev–Trinajstić information content (AvgIpc) is 2.28. The summed E-state index contributed by atoms with van der Waals surface area (Å²) in [4.78, 5) is 0. The van der Waals surface area contributed by atoms with Crippen molar-refractivity contribution in [3.05, 3.63) is 29.3 Å². The summed E-state index contributed by atoms with van der Waals surface area (Å²) in [5.41, 5.74) is 2.01. The molecule has 4 heteroatoms. The Morgan fingerprint density at radius 2 is 2.12 bits per heavy atom. The molecule has 94 valence electrons. The molecule has 1 aliphatic heterocycles. The summed E-state index contributed by atoms with van der Waals surface area (Å²) in [7, 11) is 0. The van der Waals surface area contributed by atoms with E-state index >= 15 is 0 Å². The minimum Gasteiger partial charge on any atom is -0.435 e. The minimum absolute atomic E-state index is 0.222. The number of hydrogen-bond donors (Lipinski definition) is 1. The number of rotatable bonds is 3. The summed E-state index contributed by atoms with van der Waals surface area (Å²) in [5, 5.41) is 3.41. The molecular formula is C13H17F2NO. The number of nitrogens with one attached hydrogen (secondary N) is 1. The van der Waals surface area contributed by atoms with Crippen LogP contribution < -0.4 is 10.1 Å². The van der Waals surface area contributed by atoms with Crippen LogP contribution in [0.25, 0.3) is 0 Å². The van der Waals surface area contributed by atoms with E-state index in [1.165, 1.54) is 0 Å². The largest absolute Gasteiger partial charge is 0.435 e. The van der Waals surface area contributed by atoms with E-state index in [4.69, 9.17) is 0 Å². The van der Waals surface area contributed by atoms with Gasteiger partial charge in [-0.15, -0.1) is 0 Å². The highest BCUT2D eigenvalue weighted by atomic mass is 19.3. The summed E-state index contributed by atoms with van der Waals surface area (Å²) < 4.78 is 29.2. The predicted octanol–water partition coefficient (Wildman–Crippen LogP) is 3.13. The summed E-state index contributed by atoms with van der Waals surface area (Å²) in [5.74, 6) is 0.750. The summed E-state index contributed by atoms with van der Waals surface area (Å²) >= 11 is 0. The molecule has 0 saturated heterocycles. The van der Waals surface area contributed by atoms with E-state index in [9.17, 15) is 8.78 Å². The zero-order chi connectivity index (χ0) is 12.4. The molecule has 1 heterocycles. The quantitative estimate of drug-likeness (QED) is 0.877. The van der Waals surface area contributed by atoms with E-state index in [1.54, 1.807) is 12.1 Å². The molecule has 0 saturated carbocycles. The van der Waals surface area contributed by atoms with Crippen LogP contribution in [0.3, 0.4) is 0 Å². The molecule has 1 atom stereocenters. The van der Waals surface area contributed by atoms with Crippen LogP contribution in [0.4, 0.5) is 8.78 Å². The highest BCUT2D eigenvalue weighted by molar-refractivity contribution is 5.43. The van der Waals surface area contributed by atoms with Gasteiger partial charge in [0.2, 0.25) is 0 Å². The molecule has 0 amide bonds. The van der Waals surface area contributed by atoms with Crippen molar-refractivity contribution in [3.8, 4) is 5.75 Å². The molecule has 2 nitrogen and oxygen atoms in total. The smallest absolute Gasteiger partial charge is 0.387 e. The molecule has 0 fully saturated rings. The van der Waals surface area contributed by atoms with Crippen molar-refractivity contribution in [1.82, 2.24) is 5.32 Å². The van der Waals surface area contributed by atoms with E-state index < -0.39 is 6.61 Å². The van der Waals surface area contributed by atoms with Gasteiger partial charge in [-0.25, -0.2) is 0 Å². The fraction of sp³-hybridized carbons (Fsp3) is 0.538. The third kappa shape index (κ3) is 2.57. The molecule has 0 bridgehead atoms. The van der Waals surface area contributed by atoms with Gasteiger partial charge in [0.05, 0.1) is 0 Å². The SMILES string of the molecule is CC(C)C1NCCc2c(OC(F)F)cccc21. The van der Waals surface area contributed by atoms with Crippen LogP contribution >= 0.6 is 0 Å². The van der Waals surface area contributed by atoms with E-state index in [2.05, 4.69) is 23.9 Å². The maximum atomic E-state index is 12.3. The lowest BCUT2D eigenvalue weighted by Crippen LogP contribution is -2.33. The lowest BCUT2D eigenvalue weighted by atomic mass is 9.87.